The normalized spacial score (nSPS) is 16.0. The molecular formula is C38H43N3O4S. The molecular weight excluding hydrogens is 595 g/mol. The number of carbonyl (C=O) groups excluding carboxylic acids is 2. The maximum atomic E-state index is 13.7. The first-order valence-corrected chi connectivity index (χ1v) is 16.7. The second-order valence-electron chi connectivity index (χ2n) is 14.4. The number of aliphatic carboxylic acids is 1. The third-order valence-electron chi connectivity index (χ3n) is 8.68. The van der Waals surface area contributed by atoms with Gasteiger partial charge in [0.15, 0.2) is 11.6 Å². The molecule has 8 heteroatoms. The number of hydrogen-bond acceptors (Lipinski definition) is 6. The number of likely N-dealkylation sites (tertiary alicyclic amines) is 1. The van der Waals surface area contributed by atoms with Crippen molar-refractivity contribution in [3.05, 3.63) is 93.9 Å². The summed E-state index contributed by atoms with van der Waals surface area (Å²) in [5.41, 5.74) is 5.07. The topological polar surface area (TPSA) is 100 Å². The molecule has 2 aromatic heterocycles. The minimum absolute atomic E-state index is 0.0639. The zero-order chi connectivity index (χ0) is 33.2. The van der Waals surface area contributed by atoms with E-state index >= 15 is 0 Å². The molecule has 0 saturated carbocycles. The zero-order valence-corrected chi connectivity index (χ0v) is 28.4. The van der Waals surface area contributed by atoms with Crippen molar-refractivity contribution in [1.82, 2.24) is 14.9 Å². The van der Waals surface area contributed by atoms with Crippen LogP contribution in [0.3, 0.4) is 0 Å². The standard InChI is InChI=1S/C38H43N3O4S/c1-37(2,3)30-13-11-25(12-14-30)29-21-39-34(40-22-29)26-9-7-24(8-10-26)19-28(35(43)41-18-17-27(23-41)36(44)45)20-31(42)32-15-16-33(46-32)38(4,5)6/h7-16,21-22,27-28H,17-20,23H2,1-6H3,(H,44,45)/t27-,28+/m0/s1. The van der Waals surface area contributed by atoms with Crippen LogP contribution in [0.15, 0.2) is 73.1 Å². The summed E-state index contributed by atoms with van der Waals surface area (Å²) >= 11 is 1.48. The molecule has 0 spiro atoms. The van der Waals surface area contributed by atoms with Crippen LogP contribution in [0.4, 0.5) is 0 Å². The lowest BCUT2D eigenvalue weighted by atomic mass is 9.86. The Labute approximate surface area is 275 Å². The summed E-state index contributed by atoms with van der Waals surface area (Å²) in [6, 6.07) is 20.1. The average Bonchev–Trinajstić information content (AvgIpc) is 3.72. The second-order valence-corrected chi connectivity index (χ2v) is 15.5. The number of ketones is 1. The summed E-state index contributed by atoms with van der Waals surface area (Å²) in [6.07, 6.45) is 4.54. The van der Waals surface area contributed by atoms with Gasteiger partial charge in [0.1, 0.15) is 0 Å². The van der Waals surface area contributed by atoms with Crippen molar-refractivity contribution in [3.63, 3.8) is 0 Å². The van der Waals surface area contributed by atoms with Gasteiger partial charge >= 0.3 is 5.97 Å². The van der Waals surface area contributed by atoms with E-state index in [0.29, 0.717) is 30.1 Å². The Kier molecular flexibility index (Phi) is 9.59. The van der Waals surface area contributed by atoms with Gasteiger partial charge in [0, 0.05) is 53.8 Å². The Morgan fingerprint density at radius 2 is 1.48 bits per heavy atom. The first-order valence-electron chi connectivity index (χ1n) is 15.9. The molecule has 1 N–H and O–H groups in total. The third-order valence-corrected chi connectivity index (χ3v) is 10.2. The Bertz CT molecular complexity index is 1700. The fraction of sp³-hybridized carbons (Fsp3) is 0.395. The van der Waals surface area contributed by atoms with Gasteiger partial charge in [0.25, 0.3) is 0 Å². The van der Waals surface area contributed by atoms with E-state index in [4.69, 9.17) is 0 Å². The molecule has 1 saturated heterocycles. The number of carbonyl (C=O) groups is 3. The molecule has 1 fully saturated rings. The highest BCUT2D eigenvalue weighted by Gasteiger charge is 2.35. The molecule has 46 heavy (non-hydrogen) atoms. The lowest BCUT2D eigenvalue weighted by molar-refractivity contribution is -0.141. The van der Waals surface area contributed by atoms with E-state index < -0.39 is 17.8 Å². The van der Waals surface area contributed by atoms with Gasteiger partial charge in [-0.05, 0) is 52.5 Å². The van der Waals surface area contributed by atoms with Crippen LogP contribution in [0, 0.1) is 11.8 Å². The van der Waals surface area contributed by atoms with Crippen molar-refractivity contribution < 1.29 is 19.5 Å². The molecule has 2 atom stereocenters. The molecule has 3 heterocycles. The Balaban J connectivity index is 1.31. The summed E-state index contributed by atoms with van der Waals surface area (Å²) in [6.45, 7) is 13.5. The quantitative estimate of drug-likeness (QED) is 0.188. The van der Waals surface area contributed by atoms with E-state index in [2.05, 4.69) is 75.8 Å². The van der Waals surface area contributed by atoms with Crippen molar-refractivity contribution >= 4 is 29.0 Å². The van der Waals surface area contributed by atoms with Gasteiger partial charge < -0.3 is 10.0 Å². The van der Waals surface area contributed by atoms with E-state index in [-0.39, 0.29) is 35.5 Å². The summed E-state index contributed by atoms with van der Waals surface area (Å²) in [7, 11) is 0. The predicted molar refractivity (Wildman–Crippen MR) is 183 cm³/mol. The number of hydrogen-bond donors (Lipinski definition) is 1. The Morgan fingerprint density at radius 1 is 0.848 bits per heavy atom. The van der Waals surface area contributed by atoms with Crippen LogP contribution in [-0.4, -0.2) is 50.7 Å². The van der Waals surface area contributed by atoms with Crippen molar-refractivity contribution in [1.29, 1.82) is 0 Å². The first kappa shape index (κ1) is 33.2. The van der Waals surface area contributed by atoms with Crippen LogP contribution in [0.2, 0.25) is 0 Å². The summed E-state index contributed by atoms with van der Waals surface area (Å²) in [5, 5.41) is 9.48. The van der Waals surface area contributed by atoms with Crippen LogP contribution in [0.5, 0.6) is 0 Å². The Morgan fingerprint density at radius 3 is 2.02 bits per heavy atom. The Hall–Kier alpha value is -4.17. The fourth-order valence-corrected chi connectivity index (χ4v) is 6.76. The second kappa shape index (κ2) is 13.3. The van der Waals surface area contributed by atoms with Gasteiger partial charge in [-0.25, -0.2) is 9.97 Å². The highest BCUT2D eigenvalue weighted by molar-refractivity contribution is 7.14. The highest BCUT2D eigenvalue weighted by Crippen LogP contribution is 2.32. The molecule has 0 aliphatic carbocycles. The molecule has 1 aliphatic heterocycles. The summed E-state index contributed by atoms with van der Waals surface area (Å²) in [5.74, 6) is -1.67. The third kappa shape index (κ3) is 7.79. The highest BCUT2D eigenvalue weighted by atomic mass is 32.1. The maximum absolute atomic E-state index is 13.7. The SMILES string of the molecule is CC(C)(C)c1ccc(-c2cnc(-c3ccc(C[C@H](CC(=O)c4ccc(C(C)(C)C)s4)C(=O)N4CC[C@H](C(=O)O)C4)cc3)nc2)cc1. The molecule has 2 aromatic carbocycles. The van der Waals surface area contributed by atoms with Gasteiger partial charge in [-0.3, -0.25) is 14.4 Å². The molecule has 1 aliphatic rings. The molecule has 1 amide bonds. The number of rotatable bonds is 9. The lowest BCUT2D eigenvalue weighted by Crippen LogP contribution is -2.37. The van der Waals surface area contributed by atoms with Crippen LogP contribution in [0.1, 0.15) is 80.1 Å². The van der Waals surface area contributed by atoms with Crippen LogP contribution < -0.4 is 0 Å². The van der Waals surface area contributed by atoms with E-state index in [1.807, 2.05) is 48.8 Å². The van der Waals surface area contributed by atoms with Crippen molar-refractivity contribution in [2.45, 2.75) is 71.6 Å². The van der Waals surface area contributed by atoms with Gasteiger partial charge in [-0.1, -0.05) is 90.1 Å². The lowest BCUT2D eigenvalue weighted by Gasteiger charge is -2.23. The molecule has 0 bridgehead atoms. The summed E-state index contributed by atoms with van der Waals surface area (Å²) < 4.78 is 0. The minimum Gasteiger partial charge on any atom is -0.481 e. The largest absolute Gasteiger partial charge is 0.481 e. The van der Waals surface area contributed by atoms with Gasteiger partial charge in [-0.15, -0.1) is 11.3 Å². The van der Waals surface area contributed by atoms with Crippen LogP contribution in [0.25, 0.3) is 22.5 Å². The number of thiophene rings is 1. The van der Waals surface area contributed by atoms with Gasteiger partial charge in [0.2, 0.25) is 5.91 Å². The zero-order valence-electron chi connectivity index (χ0n) is 27.5. The van der Waals surface area contributed by atoms with E-state index in [1.54, 1.807) is 4.90 Å². The number of aromatic nitrogens is 2. The van der Waals surface area contributed by atoms with Crippen LogP contribution in [-0.2, 0) is 26.8 Å². The minimum atomic E-state index is -0.888. The number of amides is 1. The van der Waals surface area contributed by atoms with Crippen molar-refractivity contribution in [2.75, 3.05) is 13.1 Å². The average molecular weight is 638 g/mol. The predicted octanol–water partition coefficient (Wildman–Crippen LogP) is 7.83. The monoisotopic (exact) mass is 637 g/mol. The van der Waals surface area contributed by atoms with E-state index in [9.17, 15) is 19.5 Å². The first-order chi connectivity index (χ1) is 21.7. The van der Waals surface area contributed by atoms with Crippen molar-refractivity contribution in [2.24, 2.45) is 11.8 Å². The van der Waals surface area contributed by atoms with E-state index in [0.717, 1.165) is 27.1 Å². The molecule has 0 unspecified atom stereocenters. The molecule has 5 rings (SSSR count). The molecule has 0 radical (unpaired) electrons. The molecule has 4 aromatic rings. The smallest absolute Gasteiger partial charge is 0.308 e. The molecule has 7 nitrogen and oxygen atoms in total. The fourth-order valence-electron chi connectivity index (χ4n) is 5.75. The maximum Gasteiger partial charge on any atom is 0.308 e. The number of Topliss-reactive ketones (excluding diaryl/α,β-unsaturated/α-hetero) is 1. The number of nitrogens with zero attached hydrogens (tertiary/aromatic N) is 3. The van der Waals surface area contributed by atoms with Gasteiger partial charge in [0.05, 0.1) is 10.8 Å². The number of carboxylic acid groups (broad SMARTS) is 1. The number of benzene rings is 2. The van der Waals surface area contributed by atoms with Crippen molar-refractivity contribution in [3.8, 4) is 22.5 Å². The van der Waals surface area contributed by atoms with Gasteiger partial charge in [-0.2, -0.15) is 0 Å². The van der Waals surface area contributed by atoms with E-state index in [1.165, 1.54) is 16.9 Å². The molecule has 240 valence electrons. The summed E-state index contributed by atoms with van der Waals surface area (Å²) in [4.78, 5) is 51.3. The number of carboxylic acids is 1. The van der Waals surface area contributed by atoms with Crippen LogP contribution >= 0.6 is 11.3 Å².